The Kier molecular flexibility index (Phi) is 5.72. The molecule has 2 saturated heterocycles. The van der Waals surface area contributed by atoms with E-state index < -0.39 is 68.0 Å². The van der Waals surface area contributed by atoms with Crippen LogP contribution in [-0.2, 0) is 14.2 Å². The highest BCUT2D eigenvalue weighted by molar-refractivity contribution is 4.92. The van der Waals surface area contributed by atoms with Crippen LogP contribution in [0.3, 0.4) is 0 Å². The summed E-state index contributed by atoms with van der Waals surface area (Å²) >= 11 is 0. The molecule has 0 saturated carbocycles. The molecule has 2 rings (SSSR count). The first-order chi connectivity index (χ1) is 10.3. The molecule has 0 spiro atoms. The topological polar surface area (TPSA) is 169 Å². The van der Waals surface area contributed by atoms with Gasteiger partial charge in [0, 0.05) is 0 Å². The van der Waals surface area contributed by atoms with E-state index in [4.69, 9.17) is 19.3 Å². The first kappa shape index (κ1) is 17.9. The Labute approximate surface area is 126 Å². The van der Waals surface area contributed by atoms with Crippen molar-refractivity contribution >= 4 is 0 Å². The smallest absolute Gasteiger partial charge is 0.187 e. The minimum atomic E-state index is -1.69. The van der Waals surface area contributed by atoms with Crippen LogP contribution in [-0.4, -0.2) is 104 Å². The van der Waals surface area contributed by atoms with Crippen molar-refractivity contribution in [3.63, 3.8) is 0 Å². The largest absolute Gasteiger partial charge is 0.394 e. The van der Waals surface area contributed by atoms with Crippen LogP contribution in [0.1, 0.15) is 6.92 Å². The summed E-state index contributed by atoms with van der Waals surface area (Å²) in [5.74, 6) is 0. The third-order valence-corrected chi connectivity index (χ3v) is 3.94. The molecular weight excluding hydrogens is 304 g/mol. The predicted octanol–water partition coefficient (Wildman–Crippen LogP) is -4.37. The zero-order valence-corrected chi connectivity index (χ0v) is 11.8. The lowest BCUT2D eigenvalue weighted by atomic mass is 9.97. The zero-order valence-electron chi connectivity index (χ0n) is 11.8. The van der Waals surface area contributed by atoms with E-state index in [1.165, 1.54) is 6.92 Å². The molecule has 10 nitrogen and oxygen atoms in total. The summed E-state index contributed by atoms with van der Waals surface area (Å²) in [4.78, 5) is 0. The van der Waals surface area contributed by atoms with Gasteiger partial charge in [0.2, 0.25) is 0 Å². The summed E-state index contributed by atoms with van der Waals surface area (Å²) < 4.78 is 15.3. The average Bonchev–Trinajstić information content (AvgIpc) is 2.49. The summed E-state index contributed by atoms with van der Waals surface area (Å²) in [5, 5.41) is 67.5. The molecule has 0 aromatic rings. The molecule has 130 valence electrons. The molecule has 2 aliphatic heterocycles. The Morgan fingerprint density at radius 2 is 1.45 bits per heavy atom. The molecule has 0 aromatic heterocycles. The van der Waals surface area contributed by atoms with Gasteiger partial charge in [-0.05, 0) is 6.92 Å². The van der Waals surface area contributed by atoms with Crippen LogP contribution in [0.2, 0.25) is 0 Å². The molecule has 2 fully saturated rings. The number of aliphatic hydroxyl groups is 7. The van der Waals surface area contributed by atoms with Crippen molar-refractivity contribution in [2.24, 2.45) is 0 Å². The molecule has 2 aliphatic rings. The van der Waals surface area contributed by atoms with Gasteiger partial charge >= 0.3 is 0 Å². The highest BCUT2D eigenvalue weighted by Gasteiger charge is 2.49. The molecule has 10 atom stereocenters. The number of hydrogen-bond acceptors (Lipinski definition) is 10. The molecule has 2 heterocycles. The Morgan fingerprint density at radius 3 is 2.05 bits per heavy atom. The van der Waals surface area contributed by atoms with Gasteiger partial charge in [-0.3, -0.25) is 0 Å². The quantitative estimate of drug-likeness (QED) is 0.269. The molecule has 0 aliphatic carbocycles. The molecule has 0 unspecified atom stereocenters. The van der Waals surface area contributed by atoms with Gasteiger partial charge < -0.3 is 50.0 Å². The van der Waals surface area contributed by atoms with E-state index in [0.717, 1.165) is 0 Å². The molecule has 0 aromatic carbocycles. The molecule has 0 amide bonds. The fourth-order valence-corrected chi connectivity index (χ4v) is 2.50. The van der Waals surface area contributed by atoms with Crippen molar-refractivity contribution in [1.29, 1.82) is 0 Å². The normalized spacial score (nSPS) is 53.5. The molecule has 7 N–H and O–H groups in total. The number of rotatable bonds is 3. The van der Waals surface area contributed by atoms with Gasteiger partial charge in [-0.1, -0.05) is 0 Å². The van der Waals surface area contributed by atoms with Gasteiger partial charge in [-0.2, -0.15) is 0 Å². The van der Waals surface area contributed by atoms with E-state index in [2.05, 4.69) is 0 Å². The maximum atomic E-state index is 9.93. The van der Waals surface area contributed by atoms with E-state index in [1.54, 1.807) is 0 Å². The Balaban J connectivity index is 2.06. The summed E-state index contributed by atoms with van der Waals surface area (Å²) in [6.45, 7) is 0.823. The van der Waals surface area contributed by atoms with Crippen LogP contribution >= 0.6 is 0 Å². The van der Waals surface area contributed by atoms with E-state index in [9.17, 15) is 30.6 Å². The minimum Gasteiger partial charge on any atom is -0.394 e. The Hall–Kier alpha value is -0.400. The summed E-state index contributed by atoms with van der Waals surface area (Å²) in [5.41, 5.74) is 0. The molecule has 10 heteroatoms. The van der Waals surface area contributed by atoms with Gasteiger partial charge in [-0.15, -0.1) is 0 Å². The average molecular weight is 326 g/mol. The van der Waals surface area contributed by atoms with Crippen molar-refractivity contribution in [3.8, 4) is 0 Å². The maximum absolute atomic E-state index is 9.93. The summed E-state index contributed by atoms with van der Waals surface area (Å²) in [6, 6.07) is 0. The Morgan fingerprint density at radius 1 is 0.818 bits per heavy atom. The van der Waals surface area contributed by atoms with Crippen LogP contribution in [0.15, 0.2) is 0 Å². The van der Waals surface area contributed by atoms with Gasteiger partial charge in [0.15, 0.2) is 12.6 Å². The monoisotopic (exact) mass is 326 g/mol. The maximum Gasteiger partial charge on any atom is 0.187 e. The Bertz CT molecular complexity index is 368. The van der Waals surface area contributed by atoms with Gasteiger partial charge in [-0.25, -0.2) is 0 Å². The molecule has 0 bridgehead atoms. The number of hydrogen-bond donors (Lipinski definition) is 7. The summed E-state index contributed by atoms with van der Waals surface area (Å²) in [7, 11) is 0. The summed E-state index contributed by atoms with van der Waals surface area (Å²) in [6.07, 6.45) is -14.3. The van der Waals surface area contributed by atoms with E-state index in [-0.39, 0.29) is 0 Å². The number of aliphatic hydroxyl groups excluding tert-OH is 7. The van der Waals surface area contributed by atoms with Crippen molar-refractivity contribution in [3.05, 3.63) is 0 Å². The van der Waals surface area contributed by atoms with Gasteiger partial charge in [0.05, 0.1) is 12.7 Å². The van der Waals surface area contributed by atoms with Crippen LogP contribution in [0, 0.1) is 0 Å². The SMILES string of the molecule is C[C@@H]1O[C@@H](O[C@@H]2[C@@H](O)[C@H](O)[C@@H](CO)O[C@@H]2O)[C@@H](O)[C@H](O)[C@@H]1O. The zero-order chi connectivity index (χ0) is 16.6. The van der Waals surface area contributed by atoms with Crippen LogP contribution in [0.4, 0.5) is 0 Å². The van der Waals surface area contributed by atoms with E-state index in [1.807, 2.05) is 0 Å². The standard InChI is InChI=1S/C12H22O10/c1-3-5(14)7(16)9(18)12(20-3)22-10-8(17)6(15)4(2-13)21-11(10)19/h3-19H,2H2,1H3/t3-,4+,5+,6+,7+,8-,9-,10+,11-,12-/m0/s1. The van der Waals surface area contributed by atoms with Crippen molar-refractivity contribution in [1.82, 2.24) is 0 Å². The van der Waals surface area contributed by atoms with Crippen molar-refractivity contribution in [2.75, 3.05) is 6.61 Å². The van der Waals surface area contributed by atoms with E-state index in [0.29, 0.717) is 0 Å². The minimum absolute atomic E-state index is 0.619. The lowest BCUT2D eigenvalue weighted by Crippen LogP contribution is -2.63. The lowest BCUT2D eigenvalue weighted by molar-refractivity contribution is -0.358. The highest BCUT2D eigenvalue weighted by Crippen LogP contribution is 2.28. The highest BCUT2D eigenvalue weighted by atomic mass is 16.7. The third-order valence-electron chi connectivity index (χ3n) is 3.94. The van der Waals surface area contributed by atoms with Crippen molar-refractivity contribution in [2.45, 2.75) is 68.3 Å². The second kappa shape index (κ2) is 7.01. The van der Waals surface area contributed by atoms with E-state index >= 15 is 0 Å². The fourth-order valence-electron chi connectivity index (χ4n) is 2.50. The first-order valence-corrected chi connectivity index (χ1v) is 6.93. The second-order valence-corrected chi connectivity index (χ2v) is 5.51. The fraction of sp³-hybridized carbons (Fsp3) is 1.00. The van der Waals surface area contributed by atoms with Gasteiger partial charge in [0.25, 0.3) is 0 Å². The van der Waals surface area contributed by atoms with Crippen LogP contribution in [0.5, 0.6) is 0 Å². The molecule has 0 radical (unpaired) electrons. The molecule has 22 heavy (non-hydrogen) atoms. The first-order valence-electron chi connectivity index (χ1n) is 6.93. The third kappa shape index (κ3) is 3.26. The predicted molar refractivity (Wildman–Crippen MR) is 67.2 cm³/mol. The number of ether oxygens (including phenoxy) is 3. The van der Waals surface area contributed by atoms with Crippen LogP contribution < -0.4 is 0 Å². The lowest BCUT2D eigenvalue weighted by Gasteiger charge is -2.44. The van der Waals surface area contributed by atoms with Gasteiger partial charge in [0.1, 0.15) is 42.7 Å². The molecular formula is C12H22O10. The van der Waals surface area contributed by atoms with Crippen molar-refractivity contribution < 1.29 is 50.0 Å². The second-order valence-electron chi connectivity index (χ2n) is 5.51. The van der Waals surface area contributed by atoms with Crippen LogP contribution in [0.25, 0.3) is 0 Å².